The summed E-state index contributed by atoms with van der Waals surface area (Å²) in [6.07, 6.45) is 1.19. The highest BCUT2D eigenvalue weighted by Gasteiger charge is 2.09. The van der Waals surface area contributed by atoms with Gasteiger partial charge >= 0.3 is 0 Å². The Morgan fingerprint density at radius 2 is 1.75 bits per heavy atom. The summed E-state index contributed by atoms with van der Waals surface area (Å²) >= 11 is 1.46. The topological polar surface area (TPSA) is 69.4 Å². The van der Waals surface area contributed by atoms with E-state index in [2.05, 4.69) is 0 Å². The van der Waals surface area contributed by atoms with Crippen LogP contribution in [-0.2, 0) is 9.84 Å². The van der Waals surface area contributed by atoms with Gasteiger partial charge in [-0.05, 0) is 36.4 Å². The molecule has 0 aliphatic rings. The molecule has 0 radical (unpaired) electrons. The van der Waals surface area contributed by atoms with E-state index in [0.717, 1.165) is 9.79 Å². The van der Waals surface area contributed by atoms with Crippen LogP contribution in [0.25, 0.3) is 0 Å². The molecule has 0 aliphatic carbocycles. The Balaban J connectivity index is 2.27. The van der Waals surface area contributed by atoms with Gasteiger partial charge in [0, 0.05) is 16.0 Å². The van der Waals surface area contributed by atoms with Crippen LogP contribution in [0.5, 0.6) is 5.75 Å². The first-order valence-corrected chi connectivity index (χ1v) is 8.53. The average molecular weight is 309 g/mol. The maximum absolute atomic E-state index is 11.4. The molecule has 0 aromatic heterocycles. The number of anilines is 1. The molecule has 2 N–H and O–H groups in total. The summed E-state index contributed by atoms with van der Waals surface area (Å²) < 4.78 is 28.0. The Labute approximate surface area is 122 Å². The Kier molecular flexibility index (Phi) is 4.25. The minimum absolute atomic E-state index is 0.306. The fourth-order valence-corrected chi connectivity index (χ4v) is 3.19. The first-order chi connectivity index (χ1) is 9.41. The van der Waals surface area contributed by atoms with Gasteiger partial charge < -0.3 is 10.5 Å². The van der Waals surface area contributed by atoms with Crippen molar-refractivity contribution in [2.75, 3.05) is 19.1 Å². The van der Waals surface area contributed by atoms with Crippen LogP contribution in [0.3, 0.4) is 0 Å². The van der Waals surface area contributed by atoms with Gasteiger partial charge in [-0.25, -0.2) is 8.42 Å². The molecule has 0 saturated heterocycles. The van der Waals surface area contributed by atoms with Crippen molar-refractivity contribution in [3.05, 3.63) is 42.5 Å². The number of hydrogen-bond donors (Lipinski definition) is 1. The van der Waals surface area contributed by atoms with Crippen LogP contribution in [0.1, 0.15) is 0 Å². The van der Waals surface area contributed by atoms with E-state index >= 15 is 0 Å². The van der Waals surface area contributed by atoms with Crippen LogP contribution in [0, 0.1) is 0 Å². The molecule has 0 fully saturated rings. The summed E-state index contributed by atoms with van der Waals surface area (Å²) in [7, 11) is -1.59. The molecule has 0 bridgehead atoms. The van der Waals surface area contributed by atoms with Gasteiger partial charge in [0.1, 0.15) is 5.75 Å². The predicted molar refractivity (Wildman–Crippen MR) is 81.1 cm³/mol. The van der Waals surface area contributed by atoms with Gasteiger partial charge in [-0.2, -0.15) is 0 Å². The van der Waals surface area contributed by atoms with Crippen molar-refractivity contribution in [3.8, 4) is 5.75 Å². The van der Waals surface area contributed by atoms with Gasteiger partial charge in [0.25, 0.3) is 0 Å². The van der Waals surface area contributed by atoms with Crippen LogP contribution in [0.15, 0.2) is 57.2 Å². The molecule has 2 aromatic rings. The SMILES string of the molecule is COc1cccc(Sc2ccc(S(C)(=O)=O)cc2)c1N. The van der Waals surface area contributed by atoms with Crippen molar-refractivity contribution in [2.45, 2.75) is 14.7 Å². The van der Waals surface area contributed by atoms with Gasteiger partial charge in [-0.15, -0.1) is 0 Å². The molecule has 2 aromatic carbocycles. The number of sulfone groups is 1. The number of ether oxygens (including phenoxy) is 1. The molecule has 20 heavy (non-hydrogen) atoms. The number of nitrogens with two attached hydrogens (primary N) is 1. The summed E-state index contributed by atoms with van der Waals surface area (Å²) in [5.74, 6) is 0.628. The van der Waals surface area contributed by atoms with E-state index in [-0.39, 0.29) is 0 Å². The molecular weight excluding hydrogens is 294 g/mol. The van der Waals surface area contributed by atoms with Crippen molar-refractivity contribution in [1.82, 2.24) is 0 Å². The fourth-order valence-electron chi connectivity index (χ4n) is 1.67. The van der Waals surface area contributed by atoms with E-state index in [9.17, 15) is 8.42 Å². The van der Waals surface area contributed by atoms with Crippen LogP contribution in [-0.4, -0.2) is 21.8 Å². The minimum Gasteiger partial charge on any atom is -0.495 e. The monoisotopic (exact) mass is 309 g/mol. The van der Waals surface area contributed by atoms with Crippen molar-refractivity contribution >= 4 is 27.3 Å². The quantitative estimate of drug-likeness (QED) is 0.880. The summed E-state index contributed by atoms with van der Waals surface area (Å²) in [6, 6.07) is 12.3. The third-order valence-electron chi connectivity index (χ3n) is 2.73. The molecular formula is C14H15NO3S2. The van der Waals surface area contributed by atoms with Crippen molar-refractivity contribution in [3.63, 3.8) is 0 Å². The maximum atomic E-state index is 11.4. The first-order valence-electron chi connectivity index (χ1n) is 5.82. The second kappa shape index (κ2) is 5.76. The summed E-state index contributed by atoms with van der Waals surface area (Å²) in [5.41, 5.74) is 6.58. The molecule has 0 unspecified atom stereocenters. The predicted octanol–water partition coefficient (Wildman–Crippen LogP) is 2.83. The third kappa shape index (κ3) is 3.26. The van der Waals surface area contributed by atoms with E-state index in [1.54, 1.807) is 37.4 Å². The lowest BCUT2D eigenvalue weighted by Gasteiger charge is -2.09. The highest BCUT2D eigenvalue weighted by atomic mass is 32.2. The molecule has 6 heteroatoms. The second-order valence-electron chi connectivity index (χ2n) is 4.22. The van der Waals surface area contributed by atoms with Crippen LogP contribution in [0.2, 0.25) is 0 Å². The second-order valence-corrected chi connectivity index (χ2v) is 7.35. The maximum Gasteiger partial charge on any atom is 0.175 e. The molecule has 106 valence electrons. The fraction of sp³-hybridized carbons (Fsp3) is 0.143. The van der Waals surface area contributed by atoms with E-state index in [4.69, 9.17) is 10.5 Å². The zero-order chi connectivity index (χ0) is 14.8. The number of nitrogen functional groups attached to an aromatic ring is 1. The van der Waals surface area contributed by atoms with Gasteiger partial charge in [0.2, 0.25) is 0 Å². The van der Waals surface area contributed by atoms with E-state index < -0.39 is 9.84 Å². The molecule has 0 heterocycles. The molecule has 0 spiro atoms. The summed E-state index contributed by atoms with van der Waals surface area (Å²) in [4.78, 5) is 2.09. The van der Waals surface area contributed by atoms with Crippen LogP contribution in [0.4, 0.5) is 5.69 Å². The normalized spacial score (nSPS) is 11.3. The zero-order valence-electron chi connectivity index (χ0n) is 11.2. The lowest BCUT2D eigenvalue weighted by atomic mass is 10.3. The molecule has 0 amide bonds. The summed E-state index contributed by atoms with van der Waals surface area (Å²) in [6.45, 7) is 0. The highest BCUT2D eigenvalue weighted by Crippen LogP contribution is 2.36. The van der Waals surface area contributed by atoms with Gasteiger partial charge in [0.05, 0.1) is 17.7 Å². The molecule has 0 saturated carbocycles. The first kappa shape index (κ1) is 14.7. The average Bonchev–Trinajstić information content (AvgIpc) is 2.41. The zero-order valence-corrected chi connectivity index (χ0v) is 12.8. The Morgan fingerprint density at radius 3 is 2.30 bits per heavy atom. The number of rotatable bonds is 4. The Bertz CT molecular complexity index is 710. The Morgan fingerprint density at radius 1 is 1.10 bits per heavy atom. The van der Waals surface area contributed by atoms with E-state index in [1.165, 1.54) is 18.0 Å². The van der Waals surface area contributed by atoms with Gasteiger partial charge in [-0.1, -0.05) is 17.8 Å². The van der Waals surface area contributed by atoms with Gasteiger partial charge in [0.15, 0.2) is 9.84 Å². The van der Waals surface area contributed by atoms with Crippen LogP contribution >= 0.6 is 11.8 Å². The Hall–Kier alpha value is -1.66. The number of para-hydroxylation sites is 1. The third-order valence-corrected chi connectivity index (χ3v) is 4.94. The number of benzene rings is 2. The highest BCUT2D eigenvalue weighted by molar-refractivity contribution is 7.99. The number of hydrogen-bond acceptors (Lipinski definition) is 5. The largest absolute Gasteiger partial charge is 0.495 e. The van der Waals surface area contributed by atoms with Gasteiger partial charge in [-0.3, -0.25) is 0 Å². The summed E-state index contributed by atoms with van der Waals surface area (Å²) in [5, 5.41) is 0. The lowest BCUT2D eigenvalue weighted by Crippen LogP contribution is -1.96. The smallest absolute Gasteiger partial charge is 0.175 e. The van der Waals surface area contributed by atoms with Crippen LogP contribution < -0.4 is 10.5 Å². The van der Waals surface area contributed by atoms with E-state index in [1.807, 2.05) is 12.1 Å². The van der Waals surface area contributed by atoms with E-state index in [0.29, 0.717) is 16.3 Å². The molecule has 0 aliphatic heterocycles. The standard InChI is InChI=1S/C14H15NO3S2/c1-18-12-4-3-5-13(14(12)15)19-10-6-8-11(9-7-10)20(2,16)17/h3-9H,15H2,1-2H3. The molecule has 2 rings (SSSR count). The lowest BCUT2D eigenvalue weighted by molar-refractivity contribution is 0.416. The molecule has 0 atom stereocenters. The molecule has 4 nitrogen and oxygen atoms in total. The van der Waals surface area contributed by atoms with Crippen molar-refractivity contribution < 1.29 is 13.2 Å². The van der Waals surface area contributed by atoms with Crippen molar-refractivity contribution in [2.24, 2.45) is 0 Å². The minimum atomic E-state index is -3.17. The van der Waals surface area contributed by atoms with Crippen molar-refractivity contribution in [1.29, 1.82) is 0 Å². The number of methoxy groups -OCH3 is 1.